The summed E-state index contributed by atoms with van der Waals surface area (Å²) in [6.07, 6.45) is -2.99. The maximum absolute atomic E-state index is 14.0. The van der Waals surface area contributed by atoms with Gasteiger partial charge in [0.15, 0.2) is 12.4 Å². The lowest BCUT2D eigenvalue weighted by Gasteiger charge is -2.48. The van der Waals surface area contributed by atoms with Gasteiger partial charge < -0.3 is 34.2 Å². The lowest BCUT2D eigenvalue weighted by Crippen LogP contribution is -2.64. The van der Waals surface area contributed by atoms with Gasteiger partial charge in [-0.2, -0.15) is 0 Å². The number of aromatic hydroxyl groups is 1. The van der Waals surface area contributed by atoms with Crippen molar-refractivity contribution in [3.05, 3.63) is 96.4 Å². The first-order valence-corrected chi connectivity index (χ1v) is 14.6. The standard InChI is InChI=1S/C32H32FN5O6/c33-22-8-4-7-21(17-22)25-18-38(35-34-25)27-28(40)30(43-26-19-42-32(44-29(26)27)20-5-2-1-3-6-20)31(41)37-15-13-36(14-16-37)23-9-11-24(39)12-10-23/h1-12,17-18,26-30,32,39-40H,13-16,19H2/t26-,27-,28-,29+,30-,32?/m1/s1. The van der Waals surface area contributed by atoms with Crippen LogP contribution in [0.4, 0.5) is 10.1 Å². The fourth-order valence-corrected chi connectivity index (χ4v) is 6.13. The first kappa shape index (κ1) is 28.4. The van der Waals surface area contributed by atoms with E-state index in [-0.39, 0.29) is 18.3 Å². The first-order chi connectivity index (χ1) is 21.4. The summed E-state index contributed by atoms with van der Waals surface area (Å²) >= 11 is 0. The van der Waals surface area contributed by atoms with E-state index < -0.39 is 42.6 Å². The molecule has 0 saturated carbocycles. The number of hydrogen-bond donors (Lipinski definition) is 2. The summed E-state index contributed by atoms with van der Waals surface area (Å²) < 4.78 is 34.1. The molecule has 11 nitrogen and oxygen atoms in total. The fourth-order valence-electron chi connectivity index (χ4n) is 6.13. The molecule has 0 spiro atoms. The predicted octanol–water partition coefficient (Wildman–Crippen LogP) is 2.92. The summed E-state index contributed by atoms with van der Waals surface area (Å²) in [4.78, 5) is 17.7. The molecule has 3 aliphatic heterocycles. The SMILES string of the molecule is O=C([C@@H]1O[C@@H]2COC(c3ccccc3)O[C@@H]2[C@H](n2cc(-c3cccc(F)c3)nn2)[C@H]1O)N1CCN(c2ccc(O)cc2)CC1. The van der Waals surface area contributed by atoms with Crippen molar-refractivity contribution in [1.82, 2.24) is 19.9 Å². The van der Waals surface area contributed by atoms with Gasteiger partial charge >= 0.3 is 0 Å². The Morgan fingerprint density at radius 1 is 0.932 bits per heavy atom. The van der Waals surface area contributed by atoms with Crippen LogP contribution in [0.5, 0.6) is 5.75 Å². The first-order valence-electron chi connectivity index (χ1n) is 14.6. The molecule has 4 aromatic rings. The largest absolute Gasteiger partial charge is 0.508 e. The number of carbonyl (C=O) groups excluding carboxylic acids is 1. The molecule has 0 bridgehead atoms. The van der Waals surface area contributed by atoms with E-state index in [1.165, 1.54) is 16.8 Å². The fraction of sp³-hybridized carbons (Fsp3) is 0.344. The third-order valence-electron chi connectivity index (χ3n) is 8.43. The zero-order valence-corrected chi connectivity index (χ0v) is 23.7. The number of anilines is 1. The Labute approximate surface area is 253 Å². The molecule has 7 rings (SSSR count). The number of halogens is 1. The van der Waals surface area contributed by atoms with Crippen molar-refractivity contribution < 1.29 is 33.6 Å². The number of piperazine rings is 1. The van der Waals surface area contributed by atoms with Crippen LogP contribution in [0.1, 0.15) is 17.9 Å². The van der Waals surface area contributed by atoms with E-state index in [9.17, 15) is 19.4 Å². The number of ether oxygens (including phenoxy) is 3. The molecule has 3 fully saturated rings. The number of amides is 1. The number of aromatic nitrogens is 3. The minimum absolute atomic E-state index is 0.136. The maximum atomic E-state index is 14.0. The summed E-state index contributed by atoms with van der Waals surface area (Å²) in [6, 6.07) is 21.6. The van der Waals surface area contributed by atoms with Crippen molar-refractivity contribution in [2.75, 3.05) is 37.7 Å². The van der Waals surface area contributed by atoms with Gasteiger partial charge in [0, 0.05) is 43.0 Å². The molecule has 1 unspecified atom stereocenters. The molecule has 3 aliphatic rings. The number of rotatable bonds is 5. The highest BCUT2D eigenvalue weighted by Gasteiger charge is 2.53. The molecular formula is C32H32FN5O6. The van der Waals surface area contributed by atoms with Crippen LogP contribution >= 0.6 is 0 Å². The van der Waals surface area contributed by atoms with E-state index in [2.05, 4.69) is 15.2 Å². The molecule has 228 valence electrons. The Bertz CT molecular complexity index is 1600. The normalized spacial score (nSPS) is 27.1. The Morgan fingerprint density at radius 3 is 2.45 bits per heavy atom. The summed E-state index contributed by atoms with van der Waals surface area (Å²) in [5.41, 5.74) is 2.71. The van der Waals surface area contributed by atoms with Crippen LogP contribution in [0.25, 0.3) is 11.3 Å². The Hall–Kier alpha value is -4.36. The van der Waals surface area contributed by atoms with Crippen molar-refractivity contribution >= 4 is 11.6 Å². The quantitative estimate of drug-likeness (QED) is 0.356. The van der Waals surface area contributed by atoms with Crippen LogP contribution in [0.2, 0.25) is 0 Å². The maximum Gasteiger partial charge on any atom is 0.254 e. The second-order valence-corrected chi connectivity index (χ2v) is 11.2. The molecule has 1 aromatic heterocycles. The van der Waals surface area contributed by atoms with Crippen LogP contribution in [-0.2, 0) is 19.0 Å². The molecule has 44 heavy (non-hydrogen) atoms. The highest BCUT2D eigenvalue weighted by atomic mass is 19.1. The van der Waals surface area contributed by atoms with E-state index >= 15 is 0 Å². The number of aliphatic hydroxyl groups excluding tert-OH is 1. The predicted molar refractivity (Wildman–Crippen MR) is 156 cm³/mol. The molecule has 2 N–H and O–H groups in total. The molecular weight excluding hydrogens is 569 g/mol. The van der Waals surface area contributed by atoms with Gasteiger partial charge in [-0.05, 0) is 36.4 Å². The van der Waals surface area contributed by atoms with Gasteiger partial charge in [0.05, 0.1) is 12.8 Å². The number of fused-ring (bicyclic) bond motifs is 1. The van der Waals surface area contributed by atoms with Crippen molar-refractivity contribution in [1.29, 1.82) is 0 Å². The highest BCUT2D eigenvalue weighted by Crippen LogP contribution is 2.40. The van der Waals surface area contributed by atoms with E-state index in [1.54, 1.807) is 35.4 Å². The topological polar surface area (TPSA) is 122 Å². The second kappa shape index (κ2) is 12.0. The number of nitrogens with zero attached hydrogens (tertiary/aromatic N) is 5. The zero-order chi connectivity index (χ0) is 30.2. The van der Waals surface area contributed by atoms with Crippen molar-refractivity contribution in [2.24, 2.45) is 0 Å². The molecule has 4 heterocycles. The average molecular weight is 602 g/mol. The molecule has 12 heteroatoms. The third kappa shape index (κ3) is 5.52. The average Bonchev–Trinajstić information content (AvgIpc) is 3.55. The number of phenols is 1. The van der Waals surface area contributed by atoms with Gasteiger partial charge in [-0.25, -0.2) is 9.07 Å². The smallest absolute Gasteiger partial charge is 0.254 e. The number of hydrogen-bond acceptors (Lipinski definition) is 9. The number of carbonyl (C=O) groups is 1. The van der Waals surface area contributed by atoms with Gasteiger partial charge in [0.2, 0.25) is 0 Å². The van der Waals surface area contributed by atoms with Gasteiger partial charge in [0.1, 0.15) is 41.6 Å². The van der Waals surface area contributed by atoms with E-state index in [1.807, 2.05) is 42.5 Å². The molecule has 0 aliphatic carbocycles. The highest BCUT2D eigenvalue weighted by molar-refractivity contribution is 5.82. The van der Waals surface area contributed by atoms with E-state index in [0.29, 0.717) is 37.4 Å². The van der Waals surface area contributed by atoms with Crippen molar-refractivity contribution in [3.63, 3.8) is 0 Å². The summed E-state index contributed by atoms with van der Waals surface area (Å²) in [7, 11) is 0. The molecule has 3 saturated heterocycles. The Balaban J connectivity index is 1.14. The summed E-state index contributed by atoms with van der Waals surface area (Å²) in [6.45, 7) is 2.17. The molecule has 3 aromatic carbocycles. The zero-order valence-electron chi connectivity index (χ0n) is 23.7. The Morgan fingerprint density at radius 2 is 1.70 bits per heavy atom. The monoisotopic (exact) mass is 601 g/mol. The van der Waals surface area contributed by atoms with Crippen molar-refractivity contribution in [2.45, 2.75) is 36.7 Å². The van der Waals surface area contributed by atoms with E-state index in [0.717, 1.165) is 11.3 Å². The second-order valence-electron chi connectivity index (χ2n) is 11.2. The lowest BCUT2D eigenvalue weighted by atomic mass is 9.90. The minimum Gasteiger partial charge on any atom is -0.508 e. The van der Waals surface area contributed by atoms with Gasteiger partial charge in [0.25, 0.3) is 5.91 Å². The minimum atomic E-state index is -1.32. The van der Waals surface area contributed by atoms with Crippen LogP contribution in [0.3, 0.4) is 0 Å². The van der Waals surface area contributed by atoms with Gasteiger partial charge in [-0.3, -0.25) is 4.79 Å². The Kier molecular flexibility index (Phi) is 7.73. The van der Waals surface area contributed by atoms with Crippen LogP contribution < -0.4 is 4.90 Å². The lowest BCUT2D eigenvalue weighted by molar-refractivity contribution is -0.313. The number of benzene rings is 3. The van der Waals surface area contributed by atoms with Gasteiger partial charge in [-0.1, -0.05) is 47.7 Å². The summed E-state index contributed by atoms with van der Waals surface area (Å²) in [5.74, 6) is -0.542. The number of aliphatic hydroxyl groups is 1. The van der Waals surface area contributed by atoms with Crippen molar-refractivity contribution in [3.8, 4) is 17.0 Å². The summed E-state index contributed by atoms with van der Waals surface area (Å²) in [5, 5.41) is 29.9. The van der Waals surface area contributed by atoms with Crippen LogP contribution in [0.15, 0.2) is 85.1 Å². The van der Waals surface area contributed by atoms with Gasteiger partial charge in [-0.15, -0.1) is 5.10 Å². The van der Waals surface area contributed by atoms with E-state index in [4.69, 9.17) is 14.2 Å². The van der Waals surface area contributed by atoms with Crippen LogP contribution in [0, 0.1) is 5.82 Å². The molecule has 1 amide bonds. The number of phenolic OH excluding ortho intramolecular Hbond substituents is 1. The molecule has 6 atom stereocenters. The third-order valence-corrected chi connectivity index (χ3v) is 8.43. The van der Waals surface area contributed by atoms with Crippen LogP contribution in [-0.4, -0.2) is 93.2 Å². The molecule has 0 radical (unpaired) electrons.